The van der Waals surface area contributed by atoms with E-state index in [2.05, 4.69) is 24.3 Å². The molecule has 86 valence electrons. The largest absolute Gasteiger partial charge is 0.394 e. The van der Waals surface area contributed by atoms with Gasteiger partial charge in [0.15, 0.2) is 0 Å². The highest BCUT2D eigenvalue weighted by atomic mass is 16.3. The highest BCUT2D eigenvalue weighted by Crippen LogP contribution is 2.10. The van der Waals surface area contributed by atoms with Crippen LogP contribution in [0.4, 0.5) is 5.69 Å². The average molecular weight is 211 g/mol. The van der Waals surface area contributed by atoms with E-state index in [1.165, 1.54) is 19.3 Å². The minimum Gasteiger partial charge on any atom is -0.394 e. The minimum atomic E-state index is 0.131. The Morgan fingerprint density at radius 2 is 2.40 bits per heavy atom. The number of aliphatic hydroxyl groups is 1. The Bertz CT molecular complexity index is 273. The normalized spacial score (nSPS) is 12.7. The van der Waals surface area contributed by atoms with Gasteiger partial charge in [-0.3, -0.25) is 4.68 Å². The fourth-order valence-electron chi connectivity index (χ4n) is 1.53. The molecule has 0 aromatic carbocycles. The third-order valence-electron chi connectivity index (χ3n) is 2.37. The molecule has 1 aromatic heterocycles. The van der Waals surface area contributed by atoms with Gasteiger partial charge >= 0.3 is 0 Å². The van der Waals surface area contributed by atoms with Crippen LogP contribution in [0.5, 0.6) is 0 Å². The zero-order valence-corrected chi connectivity index (χ0v) is 9.61. The van der Waals surface area contributed by atoms with Crippen molar-refractivity contribution in [1.82, 2.24) is 9.78 Å². The predicted octanol–water partition coefficient (Wildman–Crippen LogP) is 1.87. The molecule has 1 heterocycles. The number of nitrogens with one attached hydrogen (secondary N) is 1. The van der Waals surface area contributed by atoms with Crippen molar-refractivity contribution >= 4 is 5.69 Å². The molecule has 4 nitrogen and oxygen atoms in total. The van der Waals surface area contributed by atoms with Gasteiger partial charge < -0.3 is 10.4 Å². The topological polar surface area (TPSA) is 50.1 Å². The van der Waals surface area contributed by atoms with Gasteiger partial charge in [0.25, 0.3) is 0 Å². The van der Waals surface area contributed by atoms with Gasteiger partial charge in [0.1, 0.15) is 0 Å². The summed E-state index contributed by atoms with van der Waals surface area (Å²) in [5.74, 6) is 0. The summed E-state index contributed by atoms with van der Waals surface area (Å²) in [6.45, 7) is 5.07. The highest BCUT2D eigenvalue weighted by molar-refractivity contribution is 5.38. The van der Waals surface area contributed by atoms with Crippen LogP contribution in [0.1, 0.15) is 33.1 Å². The third kappa shape index (κ3) is 4.34. The van der Waals surface area contributed by atoms with Crippen LogP contribution in [0.2, 0.25) is 0 Å². The van der Waals surface area contributed by atoms with Crippen LogP contribution in [0.25, 0.3) is 0 Å². The minimum absolute atomic E-state index is 0.131. The van der Waals surface area contributed by atoms with Gasteiger partial charge in [0.05, 0.1) is 25.0 Å². The van der Waals surface area contributed by atoms with E-state index in [0.29, 0.717) is 12.6 Å². The number of nitrogens with zero attached hydrogens (tertiary/aromatic N) is 2. The second-order valence-corrected chi connectivity index (χ2v) is 3.90. The van der Waals surface area contributed by atoms with Crippen LogP contribution in [0.3, 0.4) is 0 Å². The highest BCUT2D eigenvalue weighted by Gasteiger charge is 2.03. The molecule has 4 heteroatoms. The molecule has 0 fully saturated rings. The van der Waals surface area contributed by atoms with Gasteiger partial charge in [-0.15, -0.1) is 0 Å². The maximum absolute atomic E-state index is 8.75. The smallest absolute Gasteiger partial charge is 0.0728 e. The van der Waals surface area contributed by atoms with Crippen molar-refractivity contribution in [2.45, 2.75) is 45.7 Å². The van der Waals surface area contributed by atoms with Crippen molar-refractivity contribution in [3.05, 3.63) is 12.4 Å². The van der Waals surface area contributed by atoms with E-state index in [4.69, 9.17) is 5.11 Å². The molecular weight excluding hydrogens is 190 g/mol. The van der Waals surface area contributed by atoms with Gasteiger partial charge in [0, 0.05) is 12.2 Å². The Morgan fingerprint density at radius 1 is 1.60 bits per heavy atom. The van der Waals surface area contributed by atoms with Gasteiger partial charge in [-0.1, -0.05) is 19.8 Å². The second kappa shape index (κ2) is 6.45. The maximum atomic E-state index is 8.75. The standard InChI is InChI=1S/C11H21N3O/c1-3-4-5-10(2)13-11-8-12-14(9-11)6-7-15/h8-10,13,15H,3-7H2,1-2H3. The molecule has 0 radical (unpaired) electrons. The fraction of sp³-hybridized carbons (Fsp3) is 0.727. The number of hydrogen-bond acceptors (Lipinski definition) is 3. The Kier molecular flexibility index (Phi) is 5.18. The zero-order valence-electron chi connectivity index (χ0n) is 9.61. The van der Waals surface area contributed by atoms with Crippen LogP contribution in [-0.2, 0) is 6.54 Å². The first-order valence-electron chi connectivity index (χ1n) is 5.66. The molecule has 1 rings (SSSR count). The van der Waals surface area contributed by atoms with Crippen LogP contribution >= 0.6 is 0 Å². The first kappa shape index (κ1) is 12.0. The molecule has 0 spiro atoms. The summed E-state index contributed by atoms with van der Waals surface area (Å²) in [5.41, 5.74) is 1.03. The molecule has 1 unspecified atom stereocenters. The van der Waals surface area contributed by atoms with Gasteiger partial charge in [0.2, 0.25) is 0 Å². The van der Waals surface area contributed by atoms with Crippen molar-refractivity contribution in [3.63, 3.8) is 0 Å². The van der Waals surface area contributed by atoms with E-state index >= 15 is 0 Å². The summed E-state index contributed by atoms with van der Waals surface area (Å²) in [7, 11) is 0. The van der Waals surface area contributed by atoms with Crippen molar-refractivity contribution < 1.29 is 5.11 Å². The number of hydrogen-bond donors (Lipinski definition) is 2. The lowest BCUT2D eigenvalue weighted by Gasteiger charge is -2.12. The molecule has 0 saturated heterocycles. The Labute approximate surface area is 91.3 Å². The molecule has 0 saturated carbocycles. The quantitative estimate of drug-likeness (QED) is 0.724. The molecule has 0 amide bonds. The summed E-state index contributed by atoms with van der Waals surface area (Å²) in [5, 5.41) is 16.3. The van der Waals surface area contributed by atoms with Crippen LogP contribution in [-0.4, -0.2) is 27.5 Å². The molecule has 15 heavy (non-hydrogen) atoms. The number of unbranched alkanes of at least 4 members (excludes halogenated alkanes) is 1. The van der Waals surface area contributed by atoms with E-state index in [-0.39, 0.29) is 6.61 Å². The first-order valence-corrected chi connectivity index (χ1v) is 5.66. The van der Waals surface area contributed by atoms with E-state index in [1.54, 1.807) is 10.9 Å². The Balaban J connectivity index is 2.35. The van der Waals surface area contributed by atoms with E-state index in [1.807, 2.05) is 6.20 Å². The second-order valence-electron chi connectivity index (χ2n) is 3.90. The summed E-state index contributed by atoms with van der Waals surface area (Å²) in [6.07, 6.45) is 7.40. The molecular formula is C11H21N3O. The Hall–Kier alpha value is -1.03. The number of anilines is 1. The number of aromatic nitrogens is 2. The van der Waals surface area contributed by atoms with Crippen LogP contribution < -0.4 is 5.32 Å². The molecule has 1 aromatic rings. The first-order chi connectivity index (χ1) is 7.26. The lowest BCUT2D eigenvalue weighted by Crippen LogP contribution is -2.14. The maximum Gasteiger partial charge on any atom is 0.0728 e. The van der Waals surface area contributed by atoms with E-state index in [0.717, 1.165) is 5.69 Å². The predicted molar refractivity (Wildman–Crippen MR) is 61.9 cm³/mol. The third-order valence-corrected chi connectivity index (χ3v) is 2.37. The molecule has 0 aliphatic carbocycles. The average Bonchev–Trinajstić information content (AvgIpc) is 2.63. The van der Waals surface area contributed by atoms with Crippen molar-refractivity contribution in [2.24, 2.45) is 0 Å². The Morgan fingerprint density at radius 3 is 3.07 bits per heavy atom. The molecule has 0 aliphatic heterocycles. The van der Waals surface area contributed by atoms with Crippen LogP contribution in [0, 0.1) is 0 Å². The summed E-state index contributed by atoms with van der Waals surface area (Å²) < 4.78 is 1.74. The van der Waals surface area contributed by atoms with Gasteiger partial charge in [-0.2, -0.15) is 5.10 Å². The lowest BCUT2D eigenvalue weighted by atomic mass is 10.1. The molecule has 0 aliphatic rings. The SMILES string of the molecule is CCCCC(C)Nc1cnn(CCO)c1. The summed E-state index contributed by atoms with van der Waals surface area (Å²) >= 11 is 0. The van der Waals surface area contributed by atoms with Crippen molar-refractivity contribution in [1.29, 1.82) is 0 Å². The van der Waals surface area contributed by atoms with E-state index < -0.39 is 0 Å². The van der Waals surface area contributed by atoms with Crippen LogP contribution in [0.15, 0.2) is 12.4 Å². The fourth-order valence-corrected chi connectivity index (χ4v) is 1.53. The molecule has 1 atom stereocenters. The van der Waals surface area contributed by atoms with E-state index in [9.17, 15) is 0 Å². The molecule has 2 N–H and O–H groups in total. The summed E-state index contributed by atoms with van der Waals surface area (Å²) in [6, 6.07) is 0.483. The van der Waals surface area contributed by atoms with Crippen molar-refractivity contribution in [3.8, 4) is 0 Å². The number of aliphatic hydroxyl groups excluding tert-OH is 1. The van der Waals surface area contributed by atoms with Crippen molar-refractivity contribution in [2.75, 3.05) is 11.9 Å². The zero-order chi connectivity index (χ0) is 11.1. The summed E-state index contributed by atoms with van der Waals surface area (Å²) in [4.78, 5) is 0. The monoisotopic (exact) mass is 211 g/mol. The van der Waals surface area contributed by atoms with Gasteiger partial charge in [-0.25, -0.2) is 0 Å². The number of rotatable bonds is 7. The molecule has 0 bridgehead atoms. The lowest BCUT2D eigenvalue weighted by molar-refractivity contribution is 0.269. The van der Waals surface area contributed by atoms with Gasteiger partial charge in [-0.05, 0) is 13.3 Å².